The highest BCUT2D eigenvalue weighted by atomic mass is 19.1. The van der Waals surface area contributed by atoms with Gasteiger partial charge >= 0.3 is 0 Å². The molecule has 0 saturated heterocycles. The summed E-state index contributed by atoms with van der Waals surface area (Å²) in [6.45, 7) is 4.02. The molecule has 0 aliphatic heterocycles. The average molecular weight is 153 g/mol. The maximum Gasteiger partial charge on any atom is 0.128 e. The first-order valence-electron chi connectivity index (χ1n) is 3.61. The molecule has 0 aromatic heterocycles. The lowest BCUT2D eigenvalue weighted by Gasteiger charge is -2.05. The maximum absolute atomic E-state index is 13.0. The Kier molecular flexibility index (Phi) is 2.25. The van der Waals surface area contributed by atoms with Crippen molar-refractivity contribution in [1.29, 1.82) is 0 Å². The molecule has 0 heterocycles. The number of hydrogen-bond donors (Lipinski definition) is 1. The minimum absolute atomic E-state index is 0.190. The highest BCUT2D eigenvalue weighted by Crippen LogP contribution is 2.14. The summed E-state index contributed by atoms with van der Waals surface area (Å²) in [5.74, 6) is -0.190. The Bertz CT molecular complexity index is 245. The molecule has 60 valence electrons. The van der Waals surface area contributed by atoms with Gasteiger partial charge in [0.15, 0.2) is 0 Å². The fourth-order valence-electron chi connectivity index (χ4n) is 1.20. The molecule has 2 heteroatoms. The Hall–Kier alpha value is -0.890. The third-order valence-corrected chi connectivity index (χ3v) is 1.77. The van der Waals surface area contributed by atoms with Crippen molar-refractivity contribution in [2.24, 2.45) is 5.73 Å². The van der Waals surface area contributed by atoms with Crippen LogP contribution in [0.1, 0.15) is 16.7 Å². The van der Waals surface area contributed by atoms with Crippen LogP contribution < -0.4 is 5.73 Å². The fourth-order valence-corrected chi connectivity index (χ4v) is 1.20. The van der Waals surface area contributed by atoms with E-state index in [0.29, 0.717) is 5.56 Å². The molecular formula is C9H12FN. The van der Waals surface area contributed by atoms with Crippen molar-refractivity contribution in [3.63, 3.8) is 0 Å². The molecule has 1 rings (SSSR count). The van der Waals surface area contributed by atoms with Crippen LogP contribution in [0.2, 0.25) is 0 Å². The summed E-state index contributed by atoms with van der Waals surface area (Å²) < 4.78 is 13.0. The number of hydrogen-bond acceptors (Lipinski definition) is 1. The van der Waals surface area contributed by atoms with E-state index in [1.54, 1.807) is 0 Å². The number of halogens is 1. The molecule has 0 bridgehead atoms. The quantitative estimate of drug-likeness (QED) is 0.655. The predicted molar refractivity (Wildman–Crippen MR) is 43.8 cm³/mol. The monoisotopic (exact) mass is 153 g/mol. The van der Waals surface area contributed by atoms with Gasteiger partial charge in [-0.05, 0) is 31.0 Å². The minimum Gasteiger partial charge on any atom is -0.326 e. The van der Waals surface area contributed by atoms with Gasteiger partial charge in [-0.15, -0.1) is 0 Å². The van der Waals surface area contributed by atoms with Crippen LogP contribution in [0.15, 0.2) is 12.1 Å². The Morgan fingerprint density at radius 1 is 1.36 bits per heavy atom. The summed E-state index contributed by atoms with van der Waals surface area (Å²) >= 11 is 0. The minimum atomic E-state index is -0.190. The Balaban J connectivity index is 3.25. The SMILES string of the molecule is Cc1cc(C)c(CN)c(F)c1. The molecule has 0 fully saturated rings. The van der Waals surface area contributed by atoms with Gasteiger partial charge < -0.3 is 5.73 Å². The van der Waals surface area contributed by atoms with E-state index in [4.69, 9.17) is 5.73 Å². The van der Waals surface area contributed by atoms with Crippen LogP contribution in [0, 0.1) is 19.7 Å². The number of benzene rings is 1. The van der Waals surface area contributed by atoms with Crippen molar-refractivity contribution in [2.45, 2.75) is 20.4 Å². The van der Waals surface area contributed by atoms with Crippen LogP contribution in [0.4, 0.5) is 4.39 Å². The smallest absolute Gasteiger partial charge is 0.128 e. The predicted octanol–water partition coefficient (Wildman–Crippen LogP) is 1.90. The number of nitrogens with two attached hydrogens (primary N) is 1. The number of aryl methyl sites for hydroxylation is 2. The normalized spacial score (nSPS) is 10.2. The first-order valence-corrected chi connectivity index (χ1v) is 3.61. The third kappa shape index (κ3) is 1.57. The lowest BCUT2D eigenvalue weighted by atomic mass is 10.1. The highest BCUT2D eigenvalue weighted by Gasteiger charge is 2.03. The zero-order valence-corrected chi connectivity index (χ0v) is 6.82. The molecule has 0 saturated carbocycles. The summed E-state index contributed by atoms with van der Waals surface area (Å²) in [5, 5.41) is 0. The number of rotatable bonds is 1. The van der Waals surface area contributed by atoms with Crippen molar-refractivity contribution in [2.75, 3.05) is 0 Å². The Labute approximate surface area is 66.0 Å². The van der Waals surface area contributed by atoms with E-state index in [1.165, 1.54) is 6.07 Å². The van der Waals surface area contributed by atoms with Gasteiger partial charge in [0, 0.05) is 12.1 Å². The van der Waals surface area contributed by atoms with E-state index in [9.17, 15) is 4.39 Å². The van der Waals surface area contributed by atoms with Crippen molar-refractivity contribution >= 4 is 0 Å². The molecule has 2 N–H and O–H groups in total. The zero-order chi connectivity index (χ0) is 8.43. The molecule has 0 atom stereocenters. The molecule has 0 aliphatic rings. The largest absolute Gasteiger partial charge is 0.326 e. The molecule has 0 unspecified atom stereocenters. The van der Waals surface area contributed by atoms with Gasteiger partial charge in [-0.1, -0.05) is 6.07 Å². The fraction of sp³-hybridized carbons (Fsp3) is 0.333. The molecule has 0 spiro atoms. The van der Waals surface area contributed by atoms with E-state index in [0.717, 1.165) is 11.1 Å². The summed E-state index contributed by atoms with van der Waals surface area (Å²) in [6.07, 6.45) is 0. The molecule has 0 radical (unpaired) electrons. The lowest BCUT2D eigenvalue weighted by Crippen LogP contribution is -2.02. The van der Waals surface area contributed by atoms with Gasteiger partial charge in [-0.2, -0.15) is 0 Å². The van der Waals surface area contributed by atoms with Crippen LogP contribution in [0.25, 0.3) is 0 Å². The van der Waals surface area contributed by atoms with Crippen LogP contribution in [0.5, 0.6) is 0 Å². The summed E-state index contributed by atoms with van der Waals surface area (Å²) in [4.78, 5) is 0. The molecule has 1 aromatic carbocycles. The van der Waals surface area contributed by atoms with Crippen LogP contribution in [-0.4, -0.2) is 0 Å². The molecule has 0 amide bonds. The van der Waals surface area contributed by atoms with Crippen LogP contribution in [0.3, 0.4) is 0 Å². The first kappa shape index (κ1) is 8.21. The second kappa shape index (κ2) is 3.01. The summed E-state index contributed by atoms with van der Waals surface area (Å²) in [5.41, 5.74) is 7.86. The topological polar surface area (TPSA) is 26.0 Å². The Morgan fingerprint density at radius 2 is 2.00 bits per heavy atom. The van der Waals surface area contributed by atoms with Crippen molar-refractivity contribution in [3.05, 3.63) is 34.6 Å². The van der Waals surface area contributed by atoms with E-state index in [-0.39, 0.29) is 12.4 Å². The second-order valence-electron chi connectivity index (χ2n) is 2.75. The van der Waals surface area contributed by atoms with E-state index in [2.05, 4.69) is 0 Å². The third-order valence-electron chi connectivity index (χ3n) is 1.77. The van der Waals surface area contributed by atoms with Crippen molar-refractivity contribution < 1.29 is 4.39 Å². The van der Waals surface area contributed by atoms with Crippen molar-refractivity contribution in [3.8, 4) is 0 Å². The van der Waals surface area contributed by atoms with Gasteiger partial charge in [-0.3, -0.25) is 0 Å². The van der Waals surface area contributed by atoms with Crippen molar-refractivity contribution in [1.82, 2.24) is 0 Å². The van der Waals surface area contributed by atoms with Crippen LogP contribution >= 0.6 is 0 Å². The van der Waals surface area contributed by atoms with Gasteiger partial charge in [-0.25, -0.2) is 4.39 Å². The Morgan fingerprint density at radius 3 is 2.45 bits per heavy atom. The maximum atomic E-state index is 13.0. The first-order chi connectivity index (χ1) is 5.15. The zero-order valence-electron chi connectivity index (χ0n) is 6.82. The highest BCUT2D eigenvalue weighted by molar-refractivity contribution is 5.31. The average Bonchev–Trinajstić information content (AvgIpc) is 1.85. The van der Waals surface area contributed by atoms with E-state index in [1.807, 2.05) is 19.9 Å². The standard InChI is InChI=1S/C9H12FN/c1-6-3-7(2)8(5-11)9(10)4-6/h3-4H,5,11H2,1-2H3. The van der Waals surface area contributed by atoms with Gasteiger partial charge in [0.05, 0.1) is 0 Å². The summed E-state index contributed by atoms with van der Waals surface area (Å²) in [6, 6.07) is 3.44. The van der Waals surface area contributed by atoms with Gasteiger partial charge in [0.25, 0.3) is 0 Å². The van der Waals surface area contributed by atoms with Gasteiger partial charge in [0.2, 0.25) is 0 Å². The molecule has 11 heavy (non-hydrogen) atoms. The molecular weight excluding hydrogens is 141 g/mol. The van der Waals surface area contributed by atoms with Crippen LogP contribution in [-0.2, 0) is 6.54 Å². The van der Waals surface area contributed by atoms with Gasteiger partial charge in [0.1, 0.15) is 5.82 Å². The van der Waals surface area contributed by atoms with E-state index >= 15 is 0 Å². The molecule has 1 aromatic rings. The lowest BCUT2D eigenvalue weighted by molar-refractivity contribution is 0.607. The van der Waals surface area contributed by atoms with E-state index < -0.39 is 0 Å². The molecule has 1 nitrogen and oxygen atoms in total. The molecule has 0 aliphatic carbocycles. The second-order valence-corrected chi connectivity index (χ2v) is 2.75. The summed E-state index contributed by atoms with van der Waals surface area (Å²) in [7, 11) is 0.